The number of aliphatic imine (C=N–C) groups is 1. The average molecular weight is 381 g/mol. The van der Waals surface area contributed by atoms with Crippen LogP contribution >= 0.6 is 0 Å². The lowest BCUT2D eigenvalue weighted by Gasteiger charge is -2.11. The summed E-state index contributed by atoms with van der Waals surface area (Å²) in [5, 5.41) is 9.20. The van der Waals surface area contributed by atoms with E-state index in [0.717, 1.165) is 17.0 Å². The Kier molecular flexibility index (Phi) is 6.11. The number of anilines is 1. The number of hydrogen-bond acceptors (Lipinski definition) is 5. The van der Waals surface area contributed by atoms with Crippen LogP contribution in [0.25, 0.3) is 0 Å². The van der Waals surface area contributed by atoms with Crippen LogP contribution in [0.2, 0.25) is 0 Å². The standard InChI is InChI=1S/C20H23N5O3/c1-13-14(2)28-18(24-13)12-23-20(21-3)22-11-15-6-4-7-16(10-15)25-19(26)17-8-5-9-27-17/h4-10H,11-12H2,1-3H3,(H,25,26)(H2,21,22,23). The number of nitrogens with zero attached hydrogens (tertiary/aromatic N) is 2. The third kappa shape index (κ3) is 5.00. The van der Waals surface area contributed by atoms with Gasteiger partial charge in [0.2, 0.25) is 5.89 Å². The van der Waals surface area contributed by atoms with Crippen molar-refractivity contribution in [2.45, 2.75) is 26.9 Å². The van der Waals surface area contributed by atoms with E-state index in [-0.39, 0.29) is 11.7 Å². The molecule has 0 bridgehead atoms. The fourth-order valence-electron chi connectivity index (χ4n) is 2.54. The molecule has 2 heterocycles. The van der Waals surface area contributed by atoms with Crippen LogP contribution in [0.5, 0.6) is 0 Å². The minimum Gasteiger partial charge on any atom is -0.459 e. The zero-order chi connectivity index (χ0) is 19.9. The van der Waals surface area contributed by atoms with Gasteiger partial charge in [0.1, 0.15) is 5.76 Å². The molecule has 3 N–H and O–H groups in total. The molecule has 8 heteroatoms. The third-order valence-electron chi connectivity index (χ3n) is 4.09. The van der Waals surface area contributed by atoms with Gasteiger partial charge in [0.15, 0.2) is 11.7 Å². The van der Waals surface area contributed by atoms with E-state index in [1.165, 1.54) is 6.26 Å². The minimum absolute atomic E-state index is 0.269. The van der Waals surface area contributed by atoms with E-state index >= 15 is 0 Å². The summed E-state index contributed by atoms with van der Waals surface area (Å²) in [6.07, 6.45) is 1.47. The maximum atomic E-state index is 12.1. The van der Waals surface area contributed by atoms with Gasteiger partial charge in [-0.1, -0.05) is 12.1 Å². The number of carbonyl (C=O) groups is 1. The van der Waals surface area contributed by atoms with Crippen molar-refractivity contribution in [3.63, 3.8) is 0 Å². The van der Waals surface area contributed by atoms with E-state index < -0.39 is 0 Å². The van der Waals surface area contributed by atoms with Crippen molar-refractivity contribution in [3.05, 3.63) is 71.3 Å². The first-order chi connectivity index (χ1) is 13.5. The Balaban J connectivity index is 1.53. The molecule has 146 valence electrons. The molecule has 0 fully saturated rings. The van der Waals surface area contributed by atoms with E-state index in [2.05, 4.69) is 25.9 Å². The fourth-order valence-corrected chi connectivity index (χ4v) is 2.54. The Bertz CT molecular complexity index is 941. The highest BCUT2D eigenvalue weighted by Crippen LogP contribution is 2.13. The zero-order valence-electron chi connectivity index (χ0n) is 16.1. The molecular formula is C20H23N5O3. The number of guanidine groups is 1. The van der Waals surface area contributed by atoms with E-state index in [1.807, 2.05) is 38.1 Å². The van der Waals surface area contributed by atoms with Crippen LogP contribution in [0.4, 0.5) is 5.69 Å². The molecule has 3 aromatic rings. The lowest BCUT2D eigenvalue weighted by atomic mass is 10.2. The second kappa shape index (κ2) is 8.90. The van der Waals surface area contributed by atoms with Gasteiger partial charge < -0.3 is 24.8 Å². The van der Waals surface area contributed by atoms with Crippen LogP contribution in [-0.4, -0.2) is 23.9 Å². The Hall–Kier alpha value is -3.55. The lowest BCUT2D eigenvalue weighted by Crippen LogP contribution is -2.36. The van der Waals surface area contributed by atoms with Gasteiger partial charge in [0.05, 0.1) is 18.5 Å². The molecule has 0 aliphatic heterocycles. The molecule has 0 unspecified atom stereocenters. The van der Waals surface area contributed by atoms with Crippen molar-refractivity contribution < 1.29 is 13.6 Å². The van der Waals surface area contributed by atoms with Gasteiger partial charge in [0.25, 0.3) is 5.91 Å². The number of benzene rings is 1. The Morgan fingerprint density at radius 1 is 1.14 bits per heavy atom. The zero-order valence-corrected chi connectivity index (χ0v) is 16.1. The normalized spacial score (nSPS) is 11.3. The van der Waals surface area contributed by atoms with Crippen LogP contribution in [0.1, 0.15) is 33.5 Å². The van der Waals surface area contributed by atoms with Crippen molar-refractivity contribution in [1.82, 2.24) is 15.6 Å². The second-order valence-corrected chi connectivity index (χ2v) is 6.16. The molecule has 0 aliphatic rings. The molecule has 0 radical (unpaired) electrons. The molecule has 8 nitrogen and oxygen atoms in total. The summed E-state index contributed by atoms with van der Waals surface area (Å²) in [5.74, 6) is 2.03. The SMILES string of the molecule is CN=C(NCc1cccc(NC(=O)c2ccco2)c1)NCc1nc(C)c(C)o1. The number of carbonyl (C=O) groups excluding carboxylic acids is 1. The molecule has 1 aromatic carbocycles. The number of hydrogen-bond donors (Lipinski definition) is 3. The monoisotopic (exact) mass is 381 g/mol. The summed E-state index contributed by atoms with van der Waals surface area (Å²) in [6, 6.07) is 10.8. The number of oxazole rings is 1. The number of nitrogens with one attached hydrogen (secondary N) is 3. The van der Waals surface area contributed by atoms with Gasteiger partial charge in [-0.05, 0) is 43.7 Å². The quantitative estimate of drug-likeness (QED) is 0.448. The van der Waals surface area contributed by atoms with Gasteiger partial charge in [-0.2, -0.15) is 0 Å². The van der Waals surface area contributed by atoms with Crippen LogP contribution in [0.15, 0.2) is 56.5 Å². The molecule has 2 aromatic heterocycles. The first-order valence-electron chi connectivity index (χ1n) is 8.86. The molecular weight excluding hydrogens is 358 g/mol. The number of aryl methyl sites for hydroxylation is 2. The summed E-state index contributed by atoms with van der Waals surface area (Å²) >= 11 is 0. The van der Waals surface area contributed by atoms with Crippen molar-refractivity contribution >= 4 is 17.6 Å². The third-order valence-corrected chi connectivity index (χ3v) is 4.09. The van der Waals surface area contributed by atoms with Crippen LogP contribution < -0.4 is 16.0 Å². The number of amides is 1. The van der Waals surface area contributed by atoms with Gasteiger partial charge in [0, 0.05) is 19.3 Å². The van der Waals surface area contributed by atoms with E-state index in [9.17, 15) is 4.79 Å². The first-order valence-corrected chi connectivity index (χ1v) is 8.86. The predicted octanol–water partition coefficient (Wildman–Crippen LogP) is 3.00. The molecule has 0 saturated carbocycles. The molecule has 28 heavy (non-hydrogen) atoms. The molecule has 0 spiro atoms. The minimum atomic E-state index is -0.288. The topological polar surface area (TPSA) is 105 Å². The first kappa shape index (κ1) is 19.2. The summed E-state index contributed by atoms with van der Waals surface area (Å²) in [4.78, 5) is 20.6. The molecule has 0 aliphatic carbocycles. The van der Waals surface area contributed by atoms with Crippen LogP contribution in [-0.2, 0) is 13.1 Å². The second-order valence-electron chi connectivity index (χ2n) is 6.16. The van der Waals surface area contributed by atoms with Gasteiger partial charge in [-0.3, -0.25) is 9.79 Å². The maximum absolute atomic E-state index is 12.1. The Labute approximate surface area is 163 Å². The number of rotatable bonds is 6. The molecule has 1 amide bonds. The summed E-state index contributed by atoms with van der Waals surface area (Å²) < 4.78 is 10.7. The predicted molar refractivity (Wildman–Crippen MR) is 106 cm³/mol. The van der Waals surface area contributed by atoms with Crippen molar-refractivity contribution in [1.29, 1.82) is 0 Å². The van der Waals surface area contributed by atoms with Gasteiger partial charge in [-0.15, -0.1) is 0 Å². The average Bonchev–Trinajstić information content (AvgIpc) is 3.33. The van der Waals surface area contributed by atoms with Gasteiger partial charge >= 0.3 is 0 Å². The van der Waals surface area contributed by atoms with E-state index in [4.69, 9.17) is 8.83 Å². The van der Waals surface area contributed by atoms with E-state index in [0.29, 0.717) is 30.6 Å². The van der Waals surface area contributed by atoms with Gasteiger partial charge in [-0.25, -0.2) is 4.98 Å². The Morgan fingerprint density at radius 2 is 1.96 bits per heavy atom. The molecule has 3 rings (SSSR count). The largest absolute Gasteiger partial charge is 0.459 e. The highest BCUT2D eigenvalue weighted by molar-refractivity contribution is 6.02. The molecule has 0 saturated heterocycles. The summed E-state index contributed by atoms with van der Waals surface area (Å²) in [6.45, 7) is 4.77. The number of furan rings is 1. The van der Waals surface area contributed by atoms with Crippen molar-refractivity contribution in [2.75, 3.05) is 12.4 Å². The highest BCUT2D eigenvalue weighted by Gasteiger charge is 2.09. The van der Waals surface area contributed by atoms with Crippen molar-refractivity contribution in [3.8, 4) is 0 Å². The highest BCUT2D eigenvalue weighted by atomic mass is 16.4. The van der Waals surface area contributed by atoms with E-state index in [1.54, 1.807) is 19.2 Å². The summed E-state index contributed by atoms with van der Waals surface area (Å²) in [7, 11) is 1.70. The summed E-state index contributed by atoms with van der Waals surface area (Å²) in [5.41, 5.74) is 2.56. The smallest absolute Gasteiger partial charge is 0.291 e. The number of aromatic nitrogens is 1. The lowest BCUT2D eigenvalue weighted by molar-refractivity contribution is 0.0996. The van der Waals surface area contributed by atoms with Crippen LogP contribution in [0, 0.1) is 13.8 Å². The van der Waals surface area contributed by atoms with Crippen molar-refractivity contribution in [2.24, 2.45) is 4.99 Å². The Morgan fingerprint density at radius 3 is 2.64 bits per heavy atom. The maximum Gasteiger partial charge on any atom is 0.291 e. The van der Waals surface area contributed by atoms with Crippen LogP contribution in [0.3, 0.4) is 0 Å². The molecule has 0 atom stereocenters. The fraction of sp³-hybridized carbons (Fsp3) is 0.250.